The van der Waals surface area contributed by atoms with Gasteiger partial charge in [-0.2, -0.15) is 5.10 Å². The zero-order valence-electron chi connectivity index (χ0n) is 11.7. The number of fused-ring (bicyclic) bond motifs is 1. The summed E-state index contributed by atoms with van der Waals surface area (Å²) in [5, 5.41) is 6.93. The quantitative estimate of drug-likeness (QED) is 0.880. The summed E-state index contributed by atoms with van der Waals surface area (Å²) in [5.74, 6) is 0.779. The van der Waals surface area contributed by atoms with Gasteiger partial charge in [-0.05, 0) is 24.8 Å². The molecule has 6 heteroatoms. The molecule has 0 spiro atoms. The second-order valence-corrected chi connectivity index (χ2v) is 5.72. The SMILES string of the molecule is CNC(=O)CC1CN(C(=O)CC2CC2)Cc2ccnn21. The van der Waals surface area contributed by atoms with Crippen molar-refractivity contribution in [2.24, 2.45) is 5.92 Å². The third-order valence-electron chi connectivity index (χ3n) is 4.09. The zero-order chi connectivity index (χ0) is 14.1. The lowest BCUT2D eigenvalue weighted by molar-refractivity contribution is -0.134. The summed E-state index contributed by atoms with van der Waals surface area (Å²) < 4.78 is 1.89. The van der Waals surface area contributed by atoms with Gasteiger partial charge in [-0.25, -0.2) is 0 Å². The largest absolute Gasteiger partial charge is 0.359 e. The van der Waals surface area contributed by atoms with Crippen LogP contribution in [0, 0.1) is 5.92 Å². The first-order valence-electron chi connectivity index (χ1n) is 7.18. The van der Waals surface area contributed by atoms with Gasteiger partial charge in [-0.1, -0.05) is 0 Å². The number of aromatic nitrogens is 2. The maximum atomic E-state index is 12.3. The van der Waals surface area contributed by atoms with E-state index in [0.29, 0.717) is 31.8 Å². The Labute approximate surface area is 118 Å². The van der Waals surface area contributed by atoms with Crippen LogP contribution in [-0.4, -0.2) is 40.1 Å². The van der Waals surface area contributed by atoms with E-state index >= 15 is 0 Å². The van der Waals surface area contributed by atoms with Crippen molar-refractivity contribution in [2.75, 3.05) is 13.6 Å². The Morgan fingerprint density at radius 3 is 2.90 bits per heavy atom. The van der Waals surface area contributed by atoms with Crippen LogP contribution < -0.4 is 5.32 Å². The third kappa shape index (κ3) is 2.69. The van der Waals surface area contributed by atoms with Crippen molar-refractivity contribution in [3.8, 4) is 0 Å². The molecule has 6 nitrogen and oxygen atoms in total. The molecule has 1 saturated carbocycles. The maximum absolute atomic E-state index is 12.3. The van der Waals surface area contributed by atoms with E-state index in [0.717, 1.165) is 5.69 Å². The number of rotatable bonds is 4. The molecule has 2 amide bonds. The highest BCUT2D eigenvalue weighted by Crippen LogP contribution is 2.34. The second-order valence-electron chi connectivity index (χ2n) is 5.72. The van der Waals surface area contributed by atoms with E-state index in [1.807, 2.05) is 15.6 Å². The molecule has 0 aromatic carbocycles. The standard InChI is InChI=1S/C14H20N4O2/c1-15-13(19)7-12-9-17(14(20)6-10-2-3-10)8-11-4-5-16-18(11)12/h4-5,10,12H,2-3,6-9H2,1H3,(H,15,19). The molecule has 3 rings (SSSR count). The predicted molar refractivity (Wildman–Crippen MR) is 72.7 cm³/mol. The minimum Gasteiger partial charge on any atom is -0.359 e. The number of carbonyl (C=O) groups excluding carboxylic acids is 2. The van der Waals surface area contributed by atoms with Crippen molar-refractivity contribution in [1.82, 2.24) is 20.0 Å². The molecule has 20 heavy (non-hydrogen) atoms. The van der Waals surface area contributed by atoms with Crippen LogP contribution in [0.2, 0.25) is 0 Å². The Hall–Kier alpha value is -1.85. The number of hydrogen-bond donors (Lipinski definition) is 1. The lowest BCUT2D eigenvalue weighted by atomic mass is 10.1. The van der Waals surface area contributed by atoms with Gasteiger partial charge in [-0.3, -0.25) is 14.3 Å². The van der Waals surface area contributed by atoms with Gasteiger partial charge in [0.15, 0.2) is 0 Å². The Morgan fingerprint density at radius 1 is 1.40 bits per heavy atom. The van der Waals surface area contributed by atoms with E-state index in [1.54, 1.807) is 13.2 Å². The first-order valence-corrected chi connectivity index (χ1v) is 7.18. The highest BCUT2D eigenvalue weighted by molar-refractivity contribution is 5.78. The van der Waals surface area contributed by atoms with Gasteiger partial charge in [0, 0.05) is 26.2 Å². The van der Waals surface area contributed by atoms with E-state index in [4.69, 9.17) is 0 Å². The monoisotopic (exact) mass is 276 g/mol. The van der Waals surface area contributed by atoms with Gasteiger partial charge in [0.25, 0.3) is 0 Å². The number of carbonyl (C=O) groups is 2. The van der Waals surface area contributed by atoms with Crippen LogP contribution in [-0.2, 0) is 16.1 Å². The minimum atomic E-state index is -0.0585. The third-order valence-corrected chi connectivity index (χ3v) is 4.09. The number of amides is 2. The Bertz CT molecular complexity index is 521. The molecular weight excluding hydrogens is 256 g/mol. The molecule has 2 heterocycles. The van der Waals surface area contributed by atoms with Gasteiger partial charge in [0.05, 0.1) is 24.7 Å². The highest BCUT2D eigenvalue weighted by atomic mass is 16.2. The average molecular weight is 276 g/mol. The van der Waals surface area contributed by atoms with Crippen LogP contribution in [0.15, 0.2) is 12.3 Å². The fourth-order valence-electron chi connectivity index (χ4n) is 2.74. The number of nitrogens with one attached hydrogen (secondary N) is 1. The lowest BCUT2D eigenvalue weighted by Crippen LogP contribution is -2.42. The van der Waals surface area contributed by atoms with E-state index in [9.17, 15) is 9.59 Å². The first kappa shape index (κ1) is 13.1. The Balaban J connectivity index is 1.73. The van der Waals surface area contributed by atoms with Crippen LogP contribution in [0.3, 0.4) is 0 Å². The normalized spacial score (nSPS) is 21.4. The van der Waals surface area contributed by atoms with Gasteiger partial charge < -0.3 is 10.2 Å². The topological polar surface area (TPSA) is 67.2 Å². The van der Waals surface area contributed by atoms with Crippen molar-refractivity contribution in [3.05, 3.63) is 18.0 Å². The van der Waals surface area contributed by atoms with Gasteiger partial charge in [0.1, 0.15) is 0 Å². The van der Waals surface area contributed by atoms with Crippen LogP contribution in [0.1, 0.15) is 37.4 Å². The molecule has 1 fully saturated rings. The maximum Gasteiger partial charge on any atom is 0.223 e. The van der Waals surface area contributed by atoms with E-state index in [2.05, 4.69) is 10.4 Å². The summed E-state index contributed by atoms with van der Waals surface area (Å²) in [4.78, 5) is 25.8. The van der Waals surface area contributed by atoms with Crippen LogP contribution in [0.5, 0.6) is 0 Å². The smallest absolute Gasteiger partial charge is 0.223 e. The van der Waals surface area contributed by atoms with Crippen LogP contribution >= 0.6 is 0 Å². The first-order chi connectivity index (χ1) is 9.67. The Morgan fingerprint density at radius 2 is 2.20 bits per heavy atom. The second kappa shape index (κ2) is 5.26. The molecular formula is C14H20N4O2. The molecule has 0 radical (unpaired) electrons. The summed E-state index contributed by atoms with van der Waals surface area (Å²) in [6.45, 7) is 1.18. The van der Waals surface area contributed by atoms with Gasteiger partial charge in [0.2, 0.25) is 11.8 Å². The molecule has 1 unspecified atom stereocenters. The zero-order valence-corrected chi connectivity index (χ0v) is 11.7. The van der Waals surface area contributed by atoms with Crippen molar-refractivity contribution >= 4 is 11.8 Å². The lowest BCUT2D eigenvalue weighted by Gasteiger charge is -2.33. The fourth-order valence-corrected chi connectivity index (χ4v) is 2.74. The van der Waals surface area contributed by atoms with E-state index < -0.39 is 0 Å². The molecule has 108 valence electrons. The predicted octanol–water partition coefficient (Wildman–Crippen LogP) is 0.703. The van der Waals surface area contributed by atoms with E-state index in [1.165, 1.54) is 12.8 Å². The molecule has 0 bridgehead atoms. The van der Waals surface area contributed by atoms with Crippen molar-refractivity contribution in [2.45, 2.75) is 38.3 Å². The molecule has 1 aliphatic carbocycles. The molecule has 1 aromatic rings. The average Bonchev–Trinajstić information content (AvgIpc) is 3.12. The van der Waals surface area contributed by atoms with Gasteiger partial charge >= 0.3 is 0 Å². The summed E-state index contributed by atoms with van der Waals surface area (Å²) >= 11 is 0. The number of nitrogens with zero attached hydrogens (tertiary/aromatic N) is 3. The number of hydrogen-bond acceptors (Lipinski definition) is 3. The van der Waals surface area contributed by atoms with Crippen LogP contribution in [0.25, 0.3) is 0 Å². The van der Waals surface area contributed by atoms with Crippen molar-refractivity contribution in [1.29, 1.82) is 0 Å². The summed E-state index contributed by atoms with van der Waals surface area (Å²) in [6.07, 6.45) is 5.11. The van der Waals surface area contributed by atoms with Crippen LogP contribution in [0.4, 0.5) is 0 Å². The van der Waals surface area contributed by atoms with E-state index in [-0.39, 0.29) is 17.9 Å². The van der Waals surface area contributed by atoms with Crippen molar-refractivity contribution in [3.63, 3.8) is 0 Å². The molecule has 1 N–H and O–H groups in total. The summed E-state index contributed by atoms with van der Waals surface area (Å²) in [5.41, 5.74) is 1.01. The molecule has 1 aliphatic heterocycles. The summed E-state index contributed by atoms with van der Waals surface area (Å²) in [7, 11) is 1.63. The molecule has 2 aliphatic rings. The minimum absolute atomic E-state index is 0.0204. The molecule has 1 aromatic heterocycles. The molecule has 1 atom stereocenters. The Kier molecular flexibility index (Phi) is 3.46. The fraction of sp³-hybridized carbons (Fsp3) is 0.643. The summed E-state index contributed by atoms with van der Waals surface area (Å²) in [6, 6.07) is 1.87. The molecule has 0 saturated heterocycles. The van der Waals surface area contributed by atoms with Crippen molar-refractivity contribution < 1.29 is 9.59 Å². The highest BCUT2D eigenvalue weighted by Gasteiger charge is 2.32. The van der Waals surface area contributed by atoms with Gasteiger partial charge in [-0.15, -0.1) is 0 Å².